The van der Waals surface area contributed by atoms with E-state index < -0.39 is 5.91 Å². The van der Waals surface area contributed by atoms with Gasteiger partial charge in [-0.1, -0.05) is 24.3 Å². The molecule has 0 unspecified atom stereocenters. The number of hydrogen-bond acceptors (Lipinski definition) is 2. The Morgan fingerprint density at radius 3 is 2.71 bits per heavy atom. The number of benzene rings is 1. The van der Waals surface area contributed by atoms with E-state index in [2.05, 4.69) is 17.2 Å². The number of primary amides is 1. The largest absolute Gasteiger partial charge is 0.369 e. The highest BCUT2D eigenvalue weighted by atomic mass is 16.2. The number of nitrogens with one attached hydrogen (secondary N) is 2. The third-order valence-corrected chi connectivity index (χ3v) is 2.04. The lowest BCUT2D eigenvalue weighted by Crippen LogP contribution is -2.29. The van der Waals surface area contributed by atoms with E-state index in [0.29, 0.717) is 17.8 Å². The molecule has 5 nitrogen and oxygen atoms in total. The first-order chi connectivity index (χ1) is 8.13. The quantitative estimate of drug-likeness (QED) is 0.663. The topological polar surface area (TPSA) is 84.2 Å². The van der Waals surface area contributed by atoms with Crippen molar-refractivity contribution in [1.82, 2.24) is 5.32 Å². The highest BCUT2D eigenvalue weighted by molar-refractivity contribution is 5.91. The summed E-state index contributed by atoms with van der Waals surface area (Å²) >= 11 is 0. The molecule has 4 N–H and O–H groups in total. The molecule has 0 fully saturated rings. The van der Waals surface area contributed by atoms with Crippen molar-refractivity contribution >= 4 is 17.6 Å². The SMILES string of the molecule is C=CCNC(=O)Nc1ccccc1CC(N)=O. The lowest BCUT2D eigenvalue weighted by Gasteiger charge is -2.10. The maximum atomic E-state index is 11.4. The number of carbonyl (C=O) groups is 2. The van der Waals surface area contributed by atoms with Gasteiger partial charge >= 0.3 is 6.03 Å². The minimum atomic E-state index is -0.439. The van der Waals surface area contributed by atoms with Gasteiger partial charge < -0.3 is 16.4 Å². The number of hydrogen-bond donors (Lipinski definition) is 3. The Hall–Kier alpha value is -2.30. The molecule has 0 atom stereocenters. The number of para-hydroxylation sites is 1. The van der Waals surface area contributed by atoms with Gasteiger partial charge in [-0.25, -0.2) is 4.79 Å². The molecule has 0 bridgehead atoms. The second-order valence-electron chi connectivity index (χ2n) is 3.42. The van der Waals surface area contributed by atoms with E-state index in [1.165, 1.54) is 0 Å². The molecule has 1 rings (SSSR count). The molecule has 17 heavy (non-hydrogen) atoms. The molecule has 0 saturated heterocycles. The Bertz CT molecular complexity index is 430. The molecule has 0 heterocycles. The molecular weight excluding hydrogens is 218 g/mol. The molecular formula is C12H15N3O2. The Labute approximate surface area is 99.7 Å². The maximum Gasteiger partial charge on any atom is 0.319 e. The molecule has 0 spiro atoms. The summed E-state index contributed by atoms with van der Waals surface area (Å²) in [7, 11) is 0. The first-order valence-corrected chi connectivity index (χ1v) is 5.15. The van der Waals surface area contributed by atoms with Crippen LogP contribution in [0.25, 0.3) is 0 Å². The average Bonchev–Trinajstić information content (AvgIpc) is 2.28. The van der Waals surface area contributed by atoms with Gasteiger partial charge in [0.05, 0.1) is 6.42 Å². The maximum absolute atomic E-state index is 11.4. The fraction of sp³-hybridized carbons (Fsp3) is 0.167. The fourth-order valence-corrected chi connectivity index (χ4v) is 1.32. The van der Waals surface area contributed by atoms with Gasteiger partial charge in [0, 0.05) is 12.2 Å². The highest BCUT2D eigenvalue weighted by Gasteiger charge is 2.07. The summed E-state index contributed by atoms with van der Waals surface area (Å²) in [4.78, 5) is 22.3. The molecule has 0 saturated carbocycles. The third-order valence-electron chi connectivity index (χ3n) is 2.04. The summed E-state index contributed by atoms with van der Waals surface area (Å²) in [5, 5.41) is 5.22. The first kappa shape index (κ1) is 12.8. The number of carbonyl (C=O) groups excluding carboxylic acids is 2. The molecule has 0 aliphatic carbocycles. The van der Waals surface area contributed by atoms with Gasteiger partial charge in [-0.15, -0.1) is 6.58 Å². The predicted molar refractivity (Wildman–Crippen MR) is 66.6 cm³/mol. The van der Waals surface area contributed by atoms with Crippen LogP contribution >= 0.6 is 0 Å². The smallest absolute Gasteiger partial charge is 0.319 e. The molecule has 1 aromatic rings. The summed E-state index contributed by atoms with van der Waals surface area (Å²) in [6.45, 7) is 3.87. The summed E-state index contributed by atoms with van der Waals surface area (Å²) in [6, 6.07) is 6.67. The van der Waals surface area contributed by atoms with Crippen LogP contribution in [0.5, 0.6) is 0 Å². The van der Waals surface area contributed by atoms with Crippen LogP contribution in [0.1, 0.15) is 5.56 Å². The Balaban J connectivity index is 2.72. The Kier molecular flexibility index (Phi) is 4.75. The van der Waals surface area contributed by atoms with Crippen molar-refractivity contribution in [3.8, 4) is 0 Å². The number of nitrogens with two attached hydrogens (primary N) is 1. The summed E-state index contributed by atoms with van der Waals surface area (Å²) < 4.78 is 0. The van der Waals surface area contributed by atoms with Crippen LogP contribution in [0, 0.1) is 0 Å². The van der Waals surface area contributed by atoms with E-state index in [9.17, 15) is 9.59 Å². The van der Waals surface area contributed by atoms with E-state index in [4.69, 9.17) is 5.73 Å². The average molecular weight is 233 g/mol. The van der Waals surface area contributed by atoms with Crippen LogP contribution in [0.2, 0.25) is 0 Å². The number of rotatable bonds is 5. The second kappa shape index (κ2) is 6.32. The van der Waals surface area contributed by atoms with E-state index in [1.807, 2.05) is 0 Å². The van der Waals surface area contributed by atoms with Gasteiger partial charge in [-0.2, -0.15) is 0 Å². The van der Waals surface area contributed by atoms with Gasteiger partial charge in [-0.3, -0.25) is 4.79 Å². The standard InChI is InChI=1S/C12H15N3O2/c1-2-7-14-12(17)15-10-6-4-3-5-9(10)8-11(13)16/h2-6H,1,7-8H2,(H2,13,16)(H2,14,15,17). The normalized spacial score (nSPS) is 9.41. The van der Waals surface area contributed by atoms with Crippen molar-refractivity contribution in [3.05, 3.63) is 42.5 Å². The van der Waals surface area contributed by atoms with Crippen LogP contribution in [0.15, 0.2) is 36.9 Å². The molecule has 90 valence electrons. The number of anilines is 1. The van der Waals surface area contributed by atoms with Gasteiger partial charge in [0.25, 0.3) is 0 Å². The number of amides is 3. The highest BCUT2D eigenvalue weighted by Crippen LogP contribution is 2.15. The Morgan fingerprint density at radius 2 is 2.06 bits per heavy atom. The minimum absolute atomic E-state index is 0.0952. The van der Waals surface area contributed by atoms with Crippen LogP contribution in [-0.4, -0.2) is 18.5 Å². The summed E-state index contributed by atoms with van der Waals surface area (Å²) in [6.07, 6.45) is 1.67. The molecule has 0 aliphatic rings. The molecule has 5 heteroatoms. The zero-order valence-corrected chi connectivity index (χ0v) is 9.40. The number of urea groups is 1. The predicted octanol–water partition coefficient (Wildman–Crippen LogP) is 1.02. The lowest BCUT2D eigenvalue weighted by molar-refractivity contribution is -0.117. The van der Waals surface area contributed by atoms with Crippen LogP contribution in [-0.2, 0) is 11.2 Å². The minimum Gasteiger partial charge on any atom is -0.369 e. The van der Waals surface area contributed by atoms with Crippen molar-refractivity contribution < 1.29 is 9.59 Å². The molecule has 0 aromatic heterocycles. The fourth-order valence-electron chi connectivity index (χ4n) is 1.32. The van der Waals surface area contributed by atoms with Crippen molar-refractivity contribution in [2.24, 2.45) is 5.73 Å². The van der Waals surface area contributed by atoms with Crippen molar-refractivity contribution in [1.29, 1.82) is 0 Å². The van der Waals surface area contributed by atoms with E-state index in [1.54, 1.807) is 30.3 Å². The summed E-state index contributed by atoms with van der Waals surface area (Å²) in [5.74, 6) is -0.439. The molecule has 0 aliphatic heterocycles. The van der Waals surface area contributed by atoms with Gasteiger partial charge in [-0.05, 0) is 11.6 Å². The van der Waals surface area contributed by atoms with Gasteiger partial charge in [0.2, 0.25) is 5.91 Å². The zero-order valence-electron chi connectivity index (χ0n) is 9.40. The van der Waals surface area contributed by atoms with E-state index in [0.717, 1.165) is 0 Å². The zero-order chi connectivity index (χ0) is 12.7. The lowest BCUT2D eigenvalue weighted by atomic mass is 10.1. The molecule has 3 amide bonds. The van der Waals surface area contributed by atoms with Crippen molar-refractivity contribution in [2.45, 2.75) is 6.42 Å². The molecule has 1 aromatic carbocycles. The van der Waals surface area contributed by atoms with Crippen LogP contribution in [0.3, 0.4) is 0 Å². The van der Waals surface area contributed by atoms with Gasteiger partial charge in [0.15, 0.2) is 0 Å². The van der Waals surface area contributed by atoms with E-state index in [-0.39, 0.29) is 12.5 Å². The van der Waals surface area contributed by atoms with Crippen LogP contribution < -0.4 is 16.4 Å². The second-order valence-corrected chi connectivity index (χ2v) is 3.42. The van der Waals surface area contributed by atoms with Crippen molar-refractivity contribution in [3.63, 3.8) is 0 Å². The monoisotopic (exact) mass is 233 g/mol. The Morgan fingerprint density at radius 1 is 1.35 bits per heavy atom. The van der Waals surface area contributed by atoms with E-state index >= 15 is 0 Å². The van der Waals surface area contributed by atoms with Crippen LogP contribution in [0.4, 0.5) is 10.5 Å². The molecule has 0 radical (unpaired) electrons. The summed E-state index contributed by atoms with van der Waals surface area (Å²) in [5.41, 5.74) is 6.39. The van der Waals surface area contributed by atoms with Crippen molar-refractivity contribution in [2.75, 3.05) is 11.9 Å². The van der Waals surface area contributed by atoms with Gasteiger partial charge in [0.1, 0.15) is 0 Å². The first-order valence-electron chi connectivity index (χ1n) is 5.15. The third kappa shape index (κ3) is 4.38.